The third-order valence-electron chi connectivity index (χ3n) is 5.28. The molecular weight excluding hydrogens is 429 g/mol. The molecule has 32 heavy (non-hydrogen) atoms. The molecule has 5 rings (SSSR count). The van der Waals surface area contributed by atoms with Gasteiger partial charge in [-0.25, -0.2) is 9.82 Å². The van der Waals surface area contributed by atoms with Crippen molar-refractivity contribution in [1.82, 2.24) is 19.6 Å². The highest BCUT2D eigenvalue weighted by molar-refractivity contribution is 7.08. The van der Waals surface area contributed by atoms with E-state index in [9.17, 15) is 9.18 Å². The van der Waals surface area contributed by atoms with Gasteiger partial charge in [-0.1, -0.05) is 28.8 Å². The monoisotopic (exact) mass is 447 g/mol. The number of amides is 1. The van der Waals surface area contributed by atoms with Crippen LogP contribution in [0.1, 0.15) is 21.7 Å². The van der Waals surface area contributed by atoms with Crippen LogP contribution in [0.2, 0.25) is 0 Å². The summed E-state index contributed by atoms with van der Waals surface area (Å²) in [5.41, 5.74) is 6.38. The van der Waals surface area contributed by atoms with E-state index in [-0.39, 0.29) is 18.3 Å². The molecule has 0 spiro atoms. The number of hydrogen-bond donors (Lipinski definition) is 1. The fourth-order valence-corrected chi connectivity index (χ4v) is 4.35. The van der Waals surface area contributed by atoms with Gasteiger partial charge in [0.1, 0.15) is 23.9 Å². The maximum Gasteiger partial charge on any atom is 0.273 e. The van der Waals surface area contributed by atoms with Crippen LogP contribution < -0.4 is 10.2 Å². The summed E-state index contributed by atoms with van der Waals surface area (Å²) in [6.07, 6.45) is 3.72. The molecular formula is C23H18FN5O2S. The number of rotatable bonds is 5. The predicted octanol–water partition coefficient (Wildman–Crippen LogP) is 3.97. The van der Waals surface area contributed by atoms with E-state index in [1.165, 1.54) is 17.6 Å². The second-order valence-corrected chi connectivity index (χ2v) is 8.13. The van der Waals surface area contributed by atoms with E-state index in [0.717, 1.165) is 21.3 Å². The smallest absolute Gasteiger partial charge is 0.273 e. The van der Waals surface area contributed by atoms with Gasteiger partial charge in [-0.15, -0.1) is 5.10 Å². The van der Waals surface area contributed by atoms with Crippen molar-refractivity contribution in [1.29, 1.82) is 0 Å². The minimum absolute atomic E-state index is 0.0929. The van der Waals surface area contributed by atoms with Crippen molar-refractivity contribution in [2.24, 2.45) is 12.1 Å². The van der Waals surface area contributed by atoms with Crippen molar-refractivity contribution >= 4 is 40.1 Å². The van der Waals surface area contributed by atoms with Gasteiger partial charge in [0.2, 0.25) is 0 Å². The highest BCUT2D eigenvalue weighted by atomic mass is 32.1. The Bertz CT molecular complexity index is 1420. The number of carbonyl (C=O) groups is 1. The Morgan fingerprint density at radius 2 is 2.06 bits per heavy atom. The van der Waals surface area contributed by atoms with Gasteiger partial charge < -0.3 is 9.30 Å². The Morgan fingerprint density at radius 3 is 2.84 bits per heavy atom. The van der Waals surface area contributed by atoms with E-state index >= 15 is 0 Å². The molecule has 1 aliphatic rings. The summed E-state index contributed by atoms with van der Waals surface area (Å²) >= 11 is 1.19. The lowest BCUT2D eigenvalue weighted by molar-refractivity contribution is -0.116. The Balaban J connectivity index is 1.57. The maximum absolute atomic E-state index is 14.1. The number of nitrogens with zero attached hydrogens (tertiary/aromatic N) is 4. The highest BCUT2D eigenvalue weighted by Gasteiger charge is 2.27. The van der Waals surface area contributed by atoms with Gasteiger partial charge in [0, 0.05) is 29.8 Å². The molecule has 7 nitrogen and oxygen atoms in total. The minimum atomic E-state index is -0.313. The van der Waals surface area contributed by atoms with Crippen LogP contribution in [0, 0.1) is 12.7 Å². The van der Waals surface area contributed by atoms with Crippen molar-refractivity contribution in [3.8, 4) is 5.75 Å². The van der Waals surface area contributed by atoms with Gasteiger partial charge >= 0.3 is 0 Å². The lowest BCUT2D eigenvalue weighted by atomic mass is 10.0. The lowest BCUT2D eigenvalue weighted by Gasteiger charge is -2.09. The van der Waals surface area contributed by atoms with E-state index in [4.69, 9.17) is 4.74 Å². The SMILES string of the molecule is Cc1nnsc1C1=NNC(=O)/C1=C\c1cn(C)c2cccc(OCc3ccccc3F)c12. The number of benzene rings is 2. The quantitative estimate of drug-likeness (QED) is 0.470. The zero-order valence-electron chi connectivity index (χ0n) is 17.3. The van der Waals surface area contributed by atoms with Crippen molar-refractivity contribution in [2.75, 3.05) is 0 Å². The largest absolute Gasteiger partial charge is 0.488 e. The zero-order chi connectivity index (χ0) is 22.2. The summed E-state index contributed by atoms with van der Waals surface area (Å²) in [6.45, 7) is 1.92. The summed E-state index contributed by atoms with van der Waals surface area (Å²) in [6, 6.07) is 12.2. The van der Waals surface area contributed by atoms with Crippen molar-refractivity contribution in [3.63, 3.8) is 0 Å². The van der Waals surface area contributed by atoms with Crippen LogP contribution >= 0.6 is 11.5 Å². The van der Waals surface area contributed by atoms with E-state index in [0.29, 0.717) is 28.3 Å². The third-order valence-corrected chi connectivity index (χ3v) is 6.12. The van der Waals surface area contributed by atoms with Crippen LogP contribution in [0.15, 0.2) is 59.3 Å². The highest BCUT2D eigenvalue weighted by Crippen LogP contribution is 2.33. The molecule has 160 valence electrons. The summed E-state index contributed by atoms with van der Waals surface area (Å²) in [5, 5.41) is 9.05. The molecule has 0 unspecified atom stereocenters. The van der Waals surface area contributed by atoms with Crippen molar-refractivity contribution in [2.45, 2.75) is 13.5 Å². The summed E-state index contributed by atoms with van der Waals surface area (Å²) in [5.74, 6) is -0.00705. The molecule has 2 aromatic carbocycles. The normalized spacial score (nSPS) is 14.8. The summed E-state index contributed by atoms with van der Waals surface area (Å²) in [4.78, 5) is 13.3. The minimum Gasteiger partial charge on any atom is -0.488 e. The fraction of sp³-hybridized carbons (Fsp3) is 0.130. The number of aromatic nitrogens is 3. The molecule has 0 saturated heterocycles. The molecule has 0 bridgehead atoms. The third kappa shape index (κ3) is 3.46. The molecule has 3 heterocycles. The number of ether oxygens (including phenoxy) is 1. The average Bonchev–Trinajstić information content (AvgIpc) is 3.46. The first kappa shape index (κ1) is 20.1. The Kier molecular flexibility index (Phi) is 5.02. The molecule has 1 amide bonds. The zero-order valence-corrected chi connectivity index (χ0v) is 18.1. The van der Waals surface area contributed by atoms with Crippen LogP contribution in [0.5, 0.6) is 5.75 Å². The molecule has 1 N–H and O–H groups in total. The topological polar surface area (TPSA) is 81.4 Å². The molecule has 0 fully saturated rings. The number of hydrogen-bond acceptors (Lipinski definition) is 6. The first-order chi connectivity index (χ1) is 15.5. The molecule has 0 radical (unpaired) electrons. The molecule has 2 aromatic heterocycles. The second kappa shape index (κ2) is 8.01. The van der Waals surface area contributed by atoms with Gasteiger partial charge in [-0.3, -0.25) is 4.79 Å². The summed E-state index contributed by atoms with van der Waals surface area (Å²) < 4.78 is 26.0. The van der Waals surface area contributed by atoms with Crippen LogP contribution in [0.4, 0.5) is 4.39 Å². The molecule has 0 atom stereocenters. The number of hydrazone groups is 1. The van der Waals surface area contributed by atoms with E-state index in [1.54, 1.807) is 24.3 Å². The van der Waals surface area contributed by atoms with Crippen LogP contribution in [-0.4, -0.2) is 25.8 Å². The van der Waals surface area contributed by atoms with Crippen LogP contribution in [-0.2, 0) is 18.4 Å². The standard InChI is InChI=1S/C23H18FN5O2S/c1-13-22(32-28-25-13)21-16(23(30)27-26-21)10-15-11-29(2)18-8-5-9-19(20(15)18)31-12-14-6-3-4-7-17(14)24/h3-11H,12H2,1-2H3,(H,27,30)/b16-10-. The Morgan fingerprint density at radius 1 is 1.22 bits per heavy atom. The molecule has 0 aliphatic carbocycles. The number of carbonyl (C=O) groups excluding carboxylic acids is 1. The number of nitrogens with one attached hydrogen (secondary N) is 1. The van der Waals surface area contributed by atoms with Gasteiger partial charge in [-0.2, -0.15) is 5.10 Å². The predicted molar refractivity (Wildman–Crippen MR) is 121 cm³/mol. The van der Waals surface area contributed by atoms with Crippen LogP contribution in [0.3, 0.4) is 0 Å². The van der Waals surface area contributed by atoms with Gasteiger partial charge in [0.25, 0.3) is 5.91 Å². The lowest BCUT2D eigenvalue weighted by Crippen LogP contribution is -2.13. The fourth-order valence-electron chi connectivity index (χ4n) is 3.69. The first-order valence-electron chi connectivity index (χ1n) is 9.86. The van der Waals surface area contributed by atoms with E-state index in [1.807, 2.05) is 42.9 Å². The number of halogens is 1. The number of fused-ring (bicyclic) bond motifs is 1. The van der Waals surface area contributed by atoms with Gasteiger partial charge in [0.05, 0.1) is 21.7 Å². The molecule has 0 saturated carbocycles. The van der Waals surface area contributed by atoms with Gasteiger partial charge in [0.15, 0.2) is 0 Å². The Labute approximate surface area is 187 Å². The van der Waals surface area contributed by atoms with E-state index in [2.05, 4.69) is 20.1 Å². The van der Waals surface area contributed by atoms with E-state index < -0.39 is 0 Å². The second-order valence-electron chi connectivity index (χ2n) is 7.37. The average molecular weight is 447 g/mol. The maximum atomic E-state index is 14.1. The van der Waals surface area contributed by atoms with Crippen LogP contribution in [0.25, 0.3) is 17.0 Å². The van der Waals surface area contributed by atoms with Crippen molar-refractivity contribution < 1.29 is 13.9 Å². The number of aryl methyl sites for hydroxylation is 2. The Hall–Kier alpha value is -3.85. The molecule has 9 heteroatoms. The van der Waals surface area contributed by atoms with Crippen molar-refractivity contribution in [3.05, 3.63) is 81.7 Å². The summed E-state index contributed by atoms with van der Waals surface area (Å²) in [7, 11) is 1.92. The molecule has 4 aromatic rings. The van der Waals surface area contributed by atoms with Gasteiger partial charge in [-0.05, 0) is 42.7 Å². The molecule has 1 aliphatic heterocycles. The first-order valence-corrected chi connectivity index (χ1v) is 10.6.